The van der Waals surface area contributed by atoms with E-state index in [0.717, 1.165) is 0 Å². The topological polar surface area (TPSA) is 41.5 Å². The first-order chi connectivity index (χ1) is 4.97. The van der Waals surface area contributed by atoms with E-state index in [1.54, 1.807) is 0 Å². The minimum atomic E-state index is -0.262. The lowest BCUT2D eigenvalue weighted by Crippen LogP contribution is -2.64. The van der Waals surface area contributed by atoms with E-state index in [-0.39, 0.29) is 17.7 Å². The van der Waals surface area contributed by atoms with Gasteiger partial charge in [-0.2, -0.15) is 0 Å². The van der Waals surface area contributed by atoms with Gasteiger partial charge in [-0.15, -0.1) is 0 Å². The van der Waals surface area contributed by atoms with Gasteiger partial charge >= 0.3 is 0 Å². The molecule has 0 radical (unpaired) electrons. The molecule has 0 saturated carbocycles. The third-order valence-corrected chi connectivity index (χ3v) is 1.87. The zero-order valence-electron chi connectivity index (χ0n) is 7.48. The van der Waals surface area contributed by atoms with Gasteiger partial charge in [-0.05, 0) is 20.8 Å². The number of hydrogen-bond acceptors (Lipinski definition) is 3. The van der Waals surface area contributed by atoms with Crippen LogP contribution < -0.4 is 5.32 Å². The van der Waals surface area contributed by atoms with Gasteiger partial charge < -0.3 is 15.2 Å². The van der Waals surface area contributed by atoms with Gasteiger partial charge in [0.15, 0.2) is 0 Å². The van der Waals surface area contributed by atoms with Crippen LogP contribution >= 0.6 is 0 Å². The Kier molecular flexibility index (Phi) is 2.23. The van der Waals surface area contributed by atoms with Gasteiger partial charge in [-0.1, -0.05) is 0 Å². The molecule has 1 saturated heterocycles. The summed E-state index contributed by atoms with van der Waals surface area (Å²) in [5.74, 6) is 0. The molecule has 0 aromatic rings. The molecule has 1 unspecified atom stereocenters. The molecule has 0 spiro atoms. The summed E-state index contributed by atoms with van der Waals surface area (Å²) >= 11 is 0. The van der Waals surface area contributed by atoms with Gasteiger partial charge in [-0.25, -0.2) is 0 Å². The molecule has 1 fully saturated rings. The third-order valence-electron chi connectivity index (χ3n) is 1.87. The molecule has 1 aliphatic heterocycles. The van der Waals surface area contributed by atoms with Crippen LogP contribution in [0.2, 0.25) is 0 Å². The molecular formula is C8H17NO2. The van der Waals surface area contributed by atoms with Crippen LogP contribution in [-0.2, 0) is 4.74 Å². The van der Waals surface area contributed by atoms with E-state index in [0.29, 0.717) is 13.2 Å². The lowest BCUT2D eigenvalue weighted by atomic mass is 9.95. The Morgan fingerprint density at radius 2 is 2.00 bits per heavy atom. The molecule has 1 rings (SSSR count). The van der Waals surface area contributed by atoms with E-state index < -0.39 is 0 Å². The van der Waals surface area contributed by atoms with Gasteiger partial charge in [0.25, 0.3) is 0 Å². The quantitative estimate of drug-likeness (QED) is 0.571. The number of rotatable bonds is 1. The Labute approximate surface area is 67.7 Å². The number of morpholine rings is 1. The molecule has 1 heterocycles. The normalized spacial score (nSPS) is 37.1. The fraction of sp³-hybridized carbons (Fsp3) is 1.00. The van der Waals surface area contributed by atoms with Crippen molar-refractivity contribution in [2.24, 2.45) is 0 Å². The minimum absolute atomic E-state index is 0.0181. The molecule has 2 N–H and O–H groups in total. The molecule has 66 valence electrons. The first kappa shape index (κ1) is 8.97. The van der Waals surface area contributed by atoms with Crippen molar-refractivity contribution < 1.29 is 9.84 Å². The van der Waals surface area contributed by atoms with Crippen molar-refractivity contribution in [3.05, 3.63) is 0 Å². The molecular weight excluding hydrogens is 142 g/mol. The van der Waals surface area contributed by atoms with Crippen LogP contribution in [0.15, 0.2) is 0 Å². The first-order valence-electron chi connectivity index (χ1n) is 3.95. The monoisotopic (exact) mass is 159 g/mol. The highest BCUT2D eigenvalue weighted by atomic mass is 16.5. The van der Waals surface area contributed by atoms with Gasteiger partial charge in [0.1, 0.15) is 0 Å². The Bertz CT molecular complexity index is 147. The summed E-state index contributed by atoms with van der Waals surface area (Å²) in [7, 11) is 0. The minimum Gasteiger partial charge on any atom is -0.394 e. The fourth-order valence-electron chi connectivity index (χ4n) is 1.51. The lowest BCUT2D eigenvalue weighted by molar-refractivity contribution is -0.0435. The highest BCUT2D eigenvalue weighted by Crippen LogP contribution is 2.17. The second-order valence-electron chi connectivity index (χ2n) is 4.22. The third kappa shape index (κ3) is 2.15. The highest BCUT2D eigenvalue weighted by molar-refractivity contribution is 4.94. The predicted octanol–water partition coefficient (Wildman–Crippen LogP) is 0.136. The van der Waals surface area contributed by atoms with E-state index in [1.807, 2.05) is 6.92 Å². The molecule has 3 nitrogen and oxygen atoms in total. The van der Waals surface area contributed by atoms with Crippen molar-refractivity contribution in [1.82, 2.24) is 5.32 Å². The smallest absolute Gasteiger partial charge is 0.0669 e. The Morgan fingerprint density at radius 1 is 1.36 bits per heavy atom. The summed E-state index contributed by atoms with van der Waals surface area (Å²) in [4.78, 5) is 0. The number of hydrogen-bond donors (Lipinski definition) is 2. The van der Waals surface area contributed by atoms with E-state index in [2.05, 4.69) is 19.2 Å². The van der Waals surface area contributed by atoms with Crippen LogP contribution in [0.25, 0.3) is 0 Å². The number of ether oxygens (including phenoxy) is 1. The summed E-state index contributed by atoms with van der Waals surface area (Å²) in [5.41, 5.74) is -0.280. The van der Waals surface area contributed by atoms with Crippen molar-refractivity contribution in [3.63, 3.8) is 0 Å². The van der Waals surface area contributed by atoms with Crippen LogP contribution in [0.1, 0.15) is 20.8 Å². The largest absolute Gasteiger partial charge is 0.394 e. The molecule has 0 aliphatic carbocycles. The molecule has 0 aromatic heterocycles. The maximum atomic E-state index is 9.04. The first-order valence-corrected chi connectivity index (χ1v) is 3.95. The van der Waals surface area contributed by atoms with Crippen LogP contribution in [0.4, 0.5) is 0 Å². The van der Waals surface area contributed by atoms with E-state index in [4.69, 9.17) is 9.84 Å². The standard InChI is InChI=1S/C8H17NO2/c1-7(2)5-11-6-8(3,4-10)9-7/h9-10H,4-6H2,1-3H3. The summed E-state index contributed by atoms with van der Waals surface area (Å²) < 4.78 is 5.37. The predicted molar refractivity (Wildman–Crippen MR) is 43.5 cm³/mol. The van der Waals surface area contributed by atoms with E-state index >= 15 is 0 Å². The second kappa shape index (κ2) is 2.73. The summed E-state index contributed by atoms with van der Waals surface area (Å²) in [6, 6.07) is 0. The highest BCUT2D eigenvalue weighted by Gasteiger charge is 2.35. The maximum Gasteiger partial charge on any atom is 0.0669 e. The van der Waals surface area contributed by atoms with E-state index in [1.165, 1.54) is 0 Å². The van der Waals surface area contributed by atoms with Crippen molar-refractivity contribution >= 4 is 0 Å². The van der Waals surface area contributed by atoms with Crippen LogP contribution in [0.3, 0.4) is 0 Å². The molecule has 0 amide bonds. The fourth-order valence-corrected chi connectivity index (χ4v) is 1.51. The molecule has 3 heteroatoms. The van der Waals surface area contributed by atoms with Crippen molar-refractivity contribution in [3.8, 4) is 0 Å². The van der Waals surface area contributed by atoms with Gasteiger partial charge in [0.05, 0.1) is 25.4 Å². The Morgan fingerprint density at radius 3 is 2.36 bits per heavy atom. The van der Waals surface area contributed by atoms with Crippen LogP contribution in [0, 0.1) is 0 Å². The van der Waals surface area contributed by atoms with Gasteiger partial charge in [0, 0.05) is 5.54 Å². The number of nitrogens with one attached hydrogen (secondary N) is 1. The van der Waals surface area contributed by atoms with Crippen molar-refractivity contribution in [2.45, 2.75) is 31.8 Å². The Balaban J connectivity index is 2.59. The molecule has 1 atom stereocenters. The second-order valence-corrected chi connectivity index (χ2v) is 4.22. The molecule has 0 aromatic carbocycles. The number of aliphatic hydroxyl groups is 1. The van der Waals surface area contributed by atoms with Crippen molar-refractivity contribution in [1.29, 1.82) is 0 Å². The van der Waals surface area contributed by atoms with Gasteiger partial charge in [-0.3, -0.25) is 0 Å². The average molecular weight is 159 g/mol. The summed E-state index contributed by atoms with van der Waals surface area (Å²) in [6.07, 6.45) is 0. The average Bonchev–Trinajstić information content (AvgIpc) is 1.85. The van der Waals surface area contributed by atoms with Crippen LogP contribution in [0.5, 0.6) is 0 Å². The lowest BCUT2D eigenvalue weighted by Gasteiger charge is -2.43. The zero-order valence-corrected chi connectivity index (χ0v) is 7.48. The number of aliphatic hydroxyl groups excluding tert-OH is 1. The van der Waals surface area contributed by atoms with E-state index in [9.17, 15) is 0 Å². The maximum absolute atomic E-state index is 9.04. The molecule has 1 aliphatic rings. The van der Waals surface area contributed by atoms with Crippen molar-refractivity contribution in [2.75, 3.05) is 19.8 Å². The Hall–Kier alpha value is -0.120. The SMILES string of the molecule is CC1(C)COCC(C)(CO)N1. The van der Waals surface area contributed by atoms with Gasteiger partial charge in [0.2, 0.25) is 0 Å². The summed E-state index contributed by atoms with van der Waals surface area (Å²) in [5, 5.41) is 12.4. The van der Waals surface area contributed by atoms with Crippen LogP contribution in [-0.4, -0.2) is 36.0 Å². The zero-order chi connectivity index (χ0) is 8.54. The molecule has 11 heavy (non-hydrogen) atoms. The summed E-state index contributed by atoms with van der Waals surface area (Å²) in [6.45, 7) is 7.53. The molecule has 0 bridgehead atoms.